The second-order valence-corrected chi connectivity index (χ2v) is 6.46. The van der Waals surface area contributed by atoms with Gasteiger partial charge in [-0.2, -0.15) is 0 Å². The minimum atomic E-state index is 0.163. The molecule has 0 heteroatoms. The maximum absolute atomic E-state index is 2.43. The van der Waals surface area contributed by atoms with Crippen molar-refractivity contribution in [1.29, 1.82) is 0 Å². The molecule has 0 saturated carbocycles. The minimum Gasteiger partial charge on any atom is -0.0642 e. The molecule has 0 radical (unpaired) electrons. The van der Waals surface area contributed by atoms with Crippen molar-refractivity contribution in [2.24, 2.45) is 0 Å². The molecule has 1 aliphatic rings. The summed E-state index contributed by atoms with van der Waals surface area (Å²) < 4.78 is 0. The van der Waals surface area contributed by atoms with E-state index in [4.69, 9.17) is 0 Å². The summed E-state index contributed by atoms with van der Waals surface area (Å²) in [6, 6.07) is 26.7. The van der Waals surface area contributed by atoms with Crippen molar-refractivity contribution < 1.29 is 0 Å². The quantitative estimate of drug-likeness (QED) is 0.522. The molecule has 23 heavy (non-hydrogen) atoms. The molecule has 0 aliphatic heterocycles. The van der Waals surface area contributed by atoms with Crippen molar-refractivity contribution in [2.45, 2.75) is 32.1 Å². The van der Waals surface area contributed by atoms with Crippen LogP contribution in [0.4, 0.5) is 0 Å². The first-order valence-corrected chi connectivity index (χ1v) is 8.60. The van der Waals surface area contributed by atoms with Gasteiger partial charge >= 0.3 is 0 Å². The Morgan fingerprint density at radius 3 is 2.00 bits per heavy atom. The van der Waals surface area contributed by atoms with Gasteiger partial charge in [-0.25, -0.2) is 0 Å². The number of benzene rings is 3. The summed E-state index contributed by atoms with van der Waals surface area (Å²) >= 11 is 0. The van der Waals surface area contributed by atoms with E-state index in [0.717, 1.165) is 12.8 Å². The molecule has 3 aromatic carbocycles. The fourth-order valence-electron chi connectivity index (χ4n) is 4.28. The molecule has 3 aromatic rings. The van der Waals surface area contributed by atoms with Crippen LogP contribution < -0.4 is 0 Å². The fraction of sp³-hybridized carbons (Fsp3) is 0.217. The Morgan fingerprint density at radius 2 is 1.26 bits per heavy atom. The van der Waals surface area contributed by atoms with Crippen molar-refractivity contribution >= 4 is 0 Å². The Bertz CT molecular complexity index is 839. The van der Waals surface area contributed by atoms with Gasteiger partial charge in [0.05, 0.1) is 0 Å². The normalized spacial score (nSPS) is 14.3. The van der Waals surface area contributed by atoms with Gasteiger partial charge in [0.2, 0.25) is 0 Å². The Hall–Kier alpha value is -2.34. The molecule has 0 aromatic heterocycles. The van der Waals surface area contributed by atoms with E-state index in [-0.39, 0.29) is 5.41 Å². The van der Waals surface area contributed by atoms with Crippen molar-refractivity contribution in [3.63, 3.8) is 0 Å². The zero-order valence-electron chi connectivity index (χ0n) is 13.8. The summed E-state index contributed by atoms with van der Waals surface area (Å²) in [5, 5.41) is 0. The zero-order chi connectivity index (χ0) is 15.9. The predicted octanol–water partition coefficient (Wildman–Crippen LogP) is 6.44. The average Bonchev–Trinajstić information content (AvgIpc) is 2.92. The number of fused-ring (bicyclic) bond motifs is 3. The molecule has 1 aliphatic carbocycles. The van der Waals surface area contributed by atoms with Crippen LogP contribution in [0, 0.1) is 0 Å². The lowest BCUT2D eigenvalue weighted by atomic mass is 9.73. The fourth-order valence-corrected chi connectivity index (χ4v) is 4.28. The monoisotopic (exact) mass is 298 g/mol. The van der Waals surface area contributed by atoms with Crippen LogP contribution in [-0.4, -0.2) is 0 Å². The highest BCUT2D eigenvalue weighted by molar-refractivity contribution is 5.83. The molecule has 0 spiro atoms. The summed E-state index contributed by atoms with van der Waals surface area (Å²) in [5.74, 6) is 0. The molecule has 0 nitrogen and oxygen atoms in total. The van der Waals surface area contributed by atoms with E-state index >= 15 is 0 Å². The van der Waals surface area contributed by atoms with Crippen LogP contribution in [0.15, 0.2) is 72.8 Å². The summed E-state index contributed by atoms with van der Waals surface area (Å²) in [5.41, 5.74) is 8.64. The highest BCUT2D eigenvalue weighted by Gasteiger charge is 2.40. The second kappa shape index (κ2) is 5.38. The summed E-state index contributed by atoms with van der Waals surface area (Å²) in [6.07, 6.45) is 2.29. The van der Waals surface area contributed by atoms with Crippen LogP contribution in [-0.2, 0) is 5.41 Å². The van der Waals surface area contributed by atoms with E-state index in [1.54, 1.807) is 0 Å². The Kier molecular flexibility index (Phi) is 3.34. The van der Waals surface area contributed by atoms with E-state index in [9.17, 15) is 0 Å². The largest absolute Gasteiger partial charge is 0.0642 e. The summed E-state index contributed by atoms with van der Waals surface area (Å²) in [6.45, 7) is 4.65. The average molecular weight is 298 g/mol. The van der Waals surface area contributed by atoms with Crippen LogP contribution >= 0.6 is 0 Å². The van der Waals surface area contributed by atoms with Gasteiger partial charge in [-0.1, -0.05) is 80.6 Å². The molecular weight excluding hydrogens is 276 g/mol. The highest BCUT2D eigenvalue weighted by Crippen LogP contribution is 2.53. The number of hydrogen-bond donors (Lipinski definition) is 0. The van der Waals surface area contributed by atoms with Gasteiger partial charge < -0.3 is 0 Å². The van der Waals surface area contributed by atoms with Crippen LogP contribution in [0.2, 0.25) is 0 Å². The van der Waals surface area contributed by atoms with Crippen molar-refractivity contribution in [3.8, 4) is 22.3 Å². The second-order valence-electron chi connectivity index (χ2n) is 6.46. The molecule has 0 N–H and O–H groups in total. The molecule has 0 heterocycles. The van der Waals surface area contributed by atoms with Gasteiger partial charge in [-0.05, 0) is 52.3 Å². The minimum absolute atomic E-state index is 0.163. The van der Waals surface area contributed by atoms with Gasteiger partial charge in [0.15, 0.2) is 0 Å². The molecule has 0 unspecified atom stereocenters. The molecule has 114 valence electrons. The Morgan fingerprint density at radius 1 is 0.609 bits per heavy atom. The van der Waals surface area contributed by atoms with E-state index in [1.807, 2.05) is 0 Å². The lowest BCUT2D eigenvalue weighted by Crippen LogP contribution is -2.23. The van der Waals surface area contributed by atoms with Gasteiger partial charge in [-0.3, -0.25) is 0 Å². The first-order chi connectivity index (χ1) is 11.3. The van der Waals surface area contributed by atoms with E-state index < -0.39 is 0 Å². The van der Waals surface area contributed by atoms with Crippen molar-refractivity contribution in [1.82, 2.24) is 0 Å². The molecule has 0 amide bonds. The lowest BCUT2D eigenvalue weighted by Gasteiger charge is -2.30. The number of hydrogen-bond acceptors (Lipinski definition) is 0. The smallest absolute Gasteiger partial charge is 0.0210 e. The van der Waals surface area contributed by atoms with Gasteiger partial charge in [0.25, 0.3) is 0 Å². The third kappa shape index (κ3) is 1.98. The lowest BCUT2D eigenvalue weighted by molar-refractivity contribution is 0.490. The zero-order valence-corrected chi connectivity index (χ0v) is 13.8. The number of rotatable bonds is 3. The van der Waals surface area contributed by atoms with Crippen LogP contribution in [0.5, 0.6) is 0 Å². The van der Waals surface area contributed by atoms with Crippen molar-refractivity contribution in [3.05, 3.63) is 83.9 Å². The summed E-state index contributed by atoms with van der Waals surface area (Å²) in [7, 11) is 0. The topological polar surface area (TPSA) is 0 Å². The SMILES string of the molecule is CCC1(CC)c2ccccc2-c2ccc(-c3ccccc3)cc21. The molecule has 4 rings (SSSR count). The Labute approximate surface area is 138 Å². The highest BCUT2D eigenvalue weighted by atomic mass is 14.4. The summed E-state index contributed by atoms with van der Waals surface area (Å²) in [4.78, 5) is 0. The van der Waals surface area contributed by atoms with Gasteiger partial charge in [0, 0.05) is 5.41 Å². The first kappa shape index (κ1) is 14.3. The third-order valence-electron chi connectivity index (χ3n) is 5.58. The molecule has 0 bridgehead atoms. The molecular formula is C23H22. The third-order valence-corrected chi connectivity index (χ3v) is 5.58. The van der Waals surface area contributed by atoms with E-state index in [2.05, 4.69) is 86.6 Å². The maximum Gasteiger partial charge on any atom is 0.0210 e. The molecule has 0 saturated heterocycles. The van der Waals surface area contributed by atoms with Gasteiger partial charge in [-0.15, -0.1) is 0 Å². The van der Waals surface area contributed by atoms with Crippen molar-refractivity contribution in [2.75, 3.05) is 0 Å². The van der Waals surface area contributed by atoms with Crippen LogP contribution in [0.1, 0.15) is 37.8 Å². The molecule has 0 atom stereocenters. The maximum atomic E-state index is 2.43. The molecule has 0 fully saturated rings. The first-order valence-electron chi connectivity index (χ1n) is 8.60. The van der Waals surface area contributed by atoms with Crippen LogP contribution in [0.3, 0.4) is 0 Å². The van der Waals surface area contributed by atoms with Crippen LogP contribution in [0.25, 0.3) is 22.3 Å². The van der Waals surface area contributed by atoms with E-state index in [1.165, 1.54) is 33.4 Å². The Balaban J connectivity index is 1.97. The van der Waals surface area contributed by atoms with Gasteiger partial charge in [0.1, 0.15) is 0 Å². The van der Waals surface area contributed by atoms with E-state index in [0.29, 0.717) is 0 Å². The predicted molar refractivity (Wildman–Crippen MR) is 98.7 cm³/mol. The standard InChI is InChI=1S/C23H22/c1-3-23(4-2)21-13-9-8-12-19(21)20-15-14-18(16-22(20)23)17-10-6-5-7-11-17/h5-16H,3-4H2,1-2H3.